The second-order valence-corrected chi connectivity index (χ2v) is 5.84. The minimum atomic E-state index is -0.0435. The SMILES string of the molecule is CCC(C)(C)C(N)c1cc(Cl)cc2c1OCC2. The van der Waals surface area contributed by atoms with E-state index in [2.05, 4.69) is 20.8 Å². The Morgan fingerprint density at radius 1 is 1.47 bits per heavy atom. The molecule has 0 saturated heterocycles. The largest absolute Gasteiger partial charge is 0.493 e. The highest BCUT2D eigenvalue weighted by molar-refractivity contribution is 6.30. The minimum absolute atomic E-state index is 0.0435. The molecule has 1 aliphatic rings. The average molecular weight is 254 g/mol. The maximum absolute atomic E-state index is 6.39. The fraction of sp³-hybridized carbons (Fsp3) is 0.571. The molecule has 3 heteroatoms. The van der Waals surface area contributed by atoms with Gasteiger partial charge in [-0.2, -0.15) is 0 Å². The van der Waals surface area contributed by atoms with E-state index >= 15 is 0 Å². The van der Waals surface area contributed by atoms with Gasteiger partial charge in [-0.1, -0.05) is 32.4 Å². The van der Waals surface area contributed by atoms with Crippen molar-refractivity contribution in [3.63, 3.8) is 0 Å². The van der Waals surface area contributed by atoms with Gasteiger partial charge in [0, 0.05) is 23.0 Å². The Morgan fingerprint density at radius 2 is 2.18 bits per heavy atom. The van der Waals surface area contributed by atoms with Gasteiger partial charge in [0.25, 0.3) is 0 Å². The molecular formula is C14H20ClNO. The number of rotatable bonds is 3. The summed E-state index contributed by atoms with van der Waals surface area (Å²) in [6, 6.07) is 3.89. The number of fused-ring (bicyclic) bond motifs is 1. The van der Waals surface area contributed by atoms with Crippen molar-refractivity contribution in [2.45, 2.75) is 39.7 Å². The highest BCUT2D eigenvalue weighted by Gasteiger charge is 2.30. The molecule has 0 saturated carbocycles. The van der Waals surface area contributed by atoms with Crippen LogP contribution in [0, 0.1) is 5.41 Å². The molecule has 0 amide bonds. The first kappa shape index (κ1) is 12.7. The second kappa shape index (κ2) is 4.51. The molecule has 0 aromatic heterocycles. The Labute approximate surface area is 108 Å². The van der Waals surface area contributed by atoms with E-state index in [0.717, 1.165) is 35.8 Å². The van der Waals surface area contributed by atoms with Crippen molar-refractivity contribution in [2.75, 3.05) is 6.61 Å². The summed E-state index contributed by atoms with van der Waals surface area (Å²) in [5.41, 5.74) is 8.67. The van der Waals surface area contributed by atoms with Gasteiger partial charge in [0.15, 0.2) is 0 Å². The topological polar surface area (TPSA) is 35.2 Å². The van der Waals surface area contributed by atoms with Crippen LogP contribution in [0.2, 0.25) is 5.02 Å². The Morgan fingerprint density at radius 3 is 2.82 bits per heavy atom. The van der Waals surface area contributed by atoms with Gasteiger partial charge in [-0.3, -0.25) is 0 Å². The van der Waals surface area contributed by atoms with Crippen LogP contribution in [-0.2, 0) is 6.42 Å². The van der Waals surface area contributed by atoms with E-state index in [0.29, 0.717) is 0 Å². The van der Waals surface area contributed by atoms with Crippen molar-refractivity contribution < 1.29 is 4.74 Å². The summed E-state index contributed by atoms with van der Waals surface area (Å²) in [5.74, 6) is 0.962. The van der Waals surface area contributed by atoms with Crippen LogP contribution >= 0.6 is 11.6 Å². The first-order valence-electron chi connectivity index (χ1n) is 6.16. The number of hydrogen-bond acceptors (Lipinski definition) is 2. The highest BCUT2D eigenvalue weighted by atomic mass is 35.5. The molecule has 17 heavy (non-hydrogen) atoms. The van der Waals surface area contributed by atoms with Crippen LogP contribution in [0.5, 0.6) is 5.75 Å². The molecule has 2 rings (SSSR count). The summed E-state index contributed by atoms with van der Waals surface area (Å²) in [4.78, 5) is 0. The van der Waals surface area contributed by atoms with E-state index < -0.39 is 0 Å². The van der Waals surface area contributed by atoms with Gasteiger partial charge in [-0.15, -0.1) is 0 Å². The van der Waals surface area contributed by atoms with E-state index in [1.165, 1.54) is 5.56 Å². The summed E-state index contributed by atoms with van der Waals surface area (Å²) in [6.07, 6.45) is 1.96. The molecule has 2 nitrogen and oxygen atoms in total. The fourth-order valence-corrected chi connectivity index (χ4v) is 2.42. The summed E-state index contributed by atoms with van der Waals surface area (Å²) in [7, 11) is 0. The predicted molar refractivity (Wildman–Crippen MR) is 71.7 cm³/mol. The van der Waals surface area contributed by atoms with E-state index in [9.17, 15) is 0 Å². The number of nitrogens with two attached hydrogens (primary N) is 1. The molecule has 1 heterocycles. The first-order valence-corrected chi connectivity index (χ1v) is 6.54. The lowest BCUT2D eigenvalue weighted by molar-refractivity contribution is 0.268. The number of benzene rings is 1. The number of halogens is 1. The molecule has 1 aromatic carbocycles. The van der Waals surface area contributed by atoms with Crippen molar-refractivity contribution in [1.29, 1.82) is 0 Å². The number of ether oxygens (including phenoxy) is 1. The molecule has 94 valence electrons. The Hall–Kier alpha value is -0.730. The lowest BCUT2D eigenvalue weighted by atomic mass is 9.78. The van der Waals surface area contributed by atoms with Gasteiger partial charge in [0.05, 0.1) is 6.61 Å². The van der Waals surface area contributed by atoms with E-state index in [1.54, 1.807) is 0 Å². The third-order valence-corrected chi connectivity index (χ3v) is 4.08. The zero-order valence-corrected chi connectivity index (χ0v) is 11.5. The predicted octanol–water partition coefficient (Wildman–Crippen LogP) is 3.71. The Kier molecular flexibility index (Phi) is 3.37. The van der Waals surface area contributed by atoms with Crippen molar-refractivity contribution in [3.8, 4) is 5.75 Å². The zero-order chi connectivity index (χ0) is 12.6. The molecule has 0 bridgehead atoms. The molecule has 1 aromatic rings. The normalized spacial score (nSPS) is 16.5. The summed E-state index contributed by atoms with van der Waals surface area (Å²) in [6.45, 7) is 7.26. The number of hydrogen-bond donors (Lipinski definition) is 1. The Balaban J connectivity index is 2.45. The van der Waals surface area contributed by atoms with Crippen molar-refractivity contribution >= 4 is 11.6 Å². The quantitative estimate of drug-likeness (QED) is 0.891. The molecule has 0 radical (unpaired) electrons. The third kappa shape index (κ3) is 2.29. The molecule has 1 atom stereocenters. The van der Waals surface area contributed by atoms with Gasteiger partial charge in [-0.25, -0.2) is 0 Å². The average Bonchev–Trinajstić information content (AvgIpc) is 2.74. The van der Waals surface area contributed by atoms with Crippen LogP contribution in [-0.4, -0.2) is 6.61 Å². The molecular weight excluding hydrogens is 234 g/mol. The van der Waals surface area contributed by atoms with Crippen molar-refractivity contribution in [2.24, 2.45) is 11.1 Å². The van der Waals surface area contributed by atoms with Gasteiger partial charge >= 0.3 is 0 Å². The third-order valence-electron chi connectivity index (χ3n) is 3.87. The molecule has 1 unspecified atom stereocenters. The summed E-state index contributed by atoms with van der Waals surface area (Å²) in [5, 5.41) is 0.756. The van der Waals surface area contributed by atoms with Gasteiger partial charge in [0.1, 0.15) is 5.75 Å². The standard InChI is InChI=1S/C14H20ClNO/c1-4-14(2,3)13(16)11-8-10(15)7-9-5-6-17-12(9)11/h7-8,13H,4-6,16H2,1-3H3. The maximum Gasteiger partial charge on any atom is 0.127 e. The molecule has 0 aliphatic carbocycles. The van der Waals surface area contributed by atoms with Crippen LogP contribution < -0.4 is 10.5 Å². The van der Waals surface area contributed by atoms with E-state index in [1.807, 2.05) is 12.1 Å². The van der Waals surface area contributed by atoms with Crippen LogP contribution in [0.15, 0.2) is 12.1 Å². The van der Waals surface area contributed by atoms with E-state index in [4.69, 9.17) is 22.1 Å². The van der Waals surface area contributed by atoms with Crippen molar-refractivity contribution in [1.82, 2.24) is 0 Å². The van der Waals surface area contributed by atoms with Gasteiger partial charge < -0.3 is 10.5 Å². The van der Waals surface area contributed by atoms with Gasteiger partial charge in [0.2, 0.25) is 0 Å². The monoisotopic (exact) mass is 253 g/mol. The summed E-state index contributed by atoms with van der Waals surface area (Å²) >= 11 is 6.15. The maximum atomic E-state index is 6.39. The molecule has 1 aliphatic heterocycles. The van der Waals surface area contributed by atoms with Crippen LogP contribution in [0.25, 0.3) is 0 Å². The van der Waals surface area contributed by atoms with Gasteiger partial charge in [-0.05, 0) is 29.5 Å². The smallest absolute Gasteiger partial charge is 0.127 e. The van der Waals surface area contributed by atoms with Crippen LogP contribution in [0.1, 0.15) is 44.4 Å². The lowest BCUT2D eigenvalue weighted by Crippen LogP contribution is -2.29. The zero-order valence-electron chi connectivity index (χ0n) is 10.7. The van der Waals surface area contributed by atoms with Crippen molar-refractivity contribution in [3.05, 3.63) is 28.3 Å². The molecule has 2 N–H and O–H groups in total. The van der Waals surface area contributed by atoms with E-state index in [-0.39, 0.29) is 11.5 Å². The highest BCUT2D eigenvalue weighted by Crippen LogP contribution is 2.42. The first-order chi connectivity index (χ1) is 7.95. The van der Waals surface area contributed by atoms with Crippen LogP contribution in [0.3, 0.4) is 0 Å². The lowest BCUT2D eigenvalue weighted by Gasteiger charge is -2.31. The minimum Gasteiger partial charge on any atom is -0.493 e. The molecule has 0 fully saturated rings. The molecule has 0 spiro atoms. The van der Waals surface area contributed by atoms with Crippen LogP contribution in [0.4, 0.5) is 0 Å². The summed E-state index contributed by atoms with van der Waals surface area (Å²) < 4.78 is 5.71. The Bertz CT molecular complexity index is 428. The fourth-order valence-electron chi connectivity index (χ4n) is 2.17. The second-order valence-electron chi connectivity index (χ2n) is 5.40.